The molecule has 27 heavy (non-hydrogen) atoms. The maximum atomic E-state index is 12.6. The van der Waals surface area contributed by atoms with Gasteiger partial charge in [-0.2, -0.15) is 10.1 Å². The number of nitrogens with zero attached hydrogens (tertiary/aromatic N) is 5. The summed E-state index contributed by atoms with van der Waals surface area (Å²) in [5, 5.41) is 4.22. The predicted octanol–water partition coefficient (Wildman–Crippen LogP) is 1.76. The molecule has 8 heteroatoms. The zero-order valence-electron chi connectivity index (χ0n) is 15.9. The number of fused-ring (bicyclic) bond motifs is 1. The second kappa shape index (κ2) is 7.06. The van der Waals surface area contributed by atoms with Gasteiger partial charge in [-0.05, 0) is 19.4 Å². The van der Waals surface area contributed by atoms with E-state index in [1.807, 2.05) is 38.1 Å². The van der Waals surface area contributed by atoms with E-state index in [-0.39, 0.29) is 0 Å². The molecule has 1 N–H and O–H groups in total. The van der Waals surface area contributed by atoms with Gasteiger partial charge in [0.05, 0.1) is 6.21 Å². The van der Waals surface area contributed by atoms with Gasteiger partial charge in [-0.1, -0.05) is 42.0 Å². The first-order valence-electron chi connectivity index (χ1n) is 8.46. The van der Waals surface area contributed by atoms with Gasteiger partial charge in [0.1, 0.15) is 0 Å². The molecule has 0 saturated carbocycles. The summed E-state index contributed by atoms with van der Waals surface area (Å²) in [6.07, 6.45) is 1.67. The van der Waals surface area contributed by atoms with Gasteiger partial charge in [0, 0.05) is 20.6 Å². The van der Waals surface area contributed by atoms with Gasteiger partial charge >= 0.3 is 5.69 Å². The molecule has 1 aromatic carbocycles. The fourth-order valence-corrected chi connectivity index (χ4v) is 2.77. The van der Waals surface area contributed by atoms with E-state index in [4.69, 9.17) is 0 Å². The van der Waals surface area contributed by atoms with Crippen molar-refractivity contribution in [3.05, 3.63) is 68.4 Å². The third-order valence-corrected chi connectivity index (χ3v) is 4.23. The van der Waals surface area contributed by atoms with Crippen LogP contribution in [0.2, 0.25) is 0 Å². The number of hydrogen-bond donors (Lipinski definition) is 1. The second-order valence-electron chi connectivity index (χ2n) is 6.64. The van der Waals surface area contributed by atoms with Crippen molar-refractivity contribution in [1.82, 2.24) is 18.7 Å². The highest BCUT2D eigenvalue weighted by atomic mass is 16.2. The molecule has 140 valence electrons. The third kappa shape index (κ3) is 3.46. The molecule has 0 bridgehead atoms. The molecular formula is C19H22N6O2. The minimum absolute atomic E-state index is 0.303. The van der Waals surface area contributed by atoms with Crippen molar-refractivity contribution in [2.75, 3.05) is 5.43 Å². The average molecular weight is 366 g/mol. The van der Waals surface area contributed by atoms with Crippen LogP contribution in [-0.2, 0) is 20.6 Å². The highest BCUT2D eigenvalue weighted by molar-refractivity contribution is 5.80. The fraction of sp³-hybridized carbons (Fsp3) is 0.263. The molecule has 3 aromatic rings. The van der Waals surface area contributed by atoms with Crippen molar-refractivity contribution in [3.8, 4) is 0 Å². The summed E-state index contributed by atoms with van der Waals surface area (Å²) in [4.78, 5) is 29.2. The second-order valence-corrected chi connectivity index (χ2v) is 6.64. The number of imidazole rings is 1. The largest absolute Gasteiger partial charge is 0.332 e. The topological polar surface area (TPSA) is 86.2 Å². The van der Waals surface area contributed by atoms with E-state index in [2.05, 4.69) is 22.1 Å². The van der Waals surface area contributed by atoms with E-state index >= 15 is 0 Å². The van der Waals surface area contributed by atoms with E-state index in [9.17, 15) is 9.59 Å². The molecule has 2 aromatic heterocycles. The Hall–Kier alpha value is -3.42. The number of aromatic nitrogens is 4. The monoisotopic (exact) mass is 366 g/mol. The number of allylic oxidation sites excluding steroid dienone is 1. The number of anilines is 1. The molecule has 8 nitrogen and oxygen atoms in total. The Kier molecular flexibility index (Phi) is 4.81. The summed E-state index contributed by atoms with van der Waals surface area (Å²) < 4.78 is 4.10. The highest BCUT2D eigenvalue weighted by Crippen LogP contribution is 2.17. The molecule has 0 amide bonds. The van der Waals surface area contributed by atoms with Crippen molar-refractivity contribution < 1.29 is 0 Å². The highest BCUT2D eigenvalue weighted by Gasteiger charge is 2.18. The van der Waals surface area contributed by atoms with E-state index in [1.54, 1.807) is 17.8 Å². The van der Waals surface area contributed by atoms with Crippen LogP contribution in [0.1, 0.15) is 18.1 Å². The number of nitrogens with one attached hydrogen (secondary N) is 1. The van der Waals surface area contributed by atoms with E-state index in [0.717, 1.165) is 15.7 Å². The molecule has 0 aliphatic rings. The van der Waals surface area contributed by atoms with Gasteiger partial charge in [0.25, 0.3) is 5.56 Å². The van der Waals surface area contributed by atoms with Crippen molar-refractivity contribution in [2.24, 2.45) is 19.2 Å². The van der Waals surface area contributed by atoms with E-state index in [0.29, 0.717) is 23.7 Å². The number of hydrogen-bond acceptors (Lipinski definition) is 5. The minimum atomic E-state index is -0.429. The fourth-order valence-electron chi connectivity index (χ4n) is 2.77. The van der Waals surface area contributed by atoms with Gasteiger partial charge in [-0.3, -0.25) is 18.5 Å². The summed E-state index contributed by atoms with van der Waals surface area (Å²) in [5.41, 5.74) is 5.62. The summed E-state index contributed by atoms with van der Waals surface area (Å²) in [5.74, 6) is 0.370. The smallest absolute Gasteiger partial charge is 0.299 e. The van der Waals surface area contributed by atoms with Gasteiger partial charge in [-0.15, -0.1) is 0 Å². The molecular weight excluding hydrogens is 344 g/mol. The van der Waals surface area contributed by atoms with Crippen molar-refractivity contribution in [1.29, 1.82) is 0 Å². The van der Waals surface area contributed by atoms with Crippen molar-refractivity contribution in [2.45, 2.75) is 20.4 Å². The van der Waals surface area contributed by atoms with E-state index in [1.165, 1.54) is 17.2 Å². The quantitative estimate of drug-likeness (QED) is 0.424. The average Bonchev–Trinajstić information content (AvgIpc) is 2.98. The van der Waals surface area contributed by atoms with Crippen LogP contribution in [0.4, 0.5) is 5.95 Å². The normalized spacial score (nSPS) is 11.4. The Morgan fingerprint density at radius 3 is 2.52 bits per heavy atom. The standard InChI is InChI=1S/C19H22N6O2/c1-12(2)11-25-15-16(23(4)19(27)24(5)17(15)26)21-18(25)22-20-10-14-8-6-13(3)7-9-14/h6-10H,1,11H2,2-5H3,(H,21,22). The van der Waals surface area contributed by atoms with Crippen LogP contribution in [0.25, 0.3) is 11.2 Å². The van der Waals surface area contributed by atoms with Crippen molar-refractivity contribution in [3.63, 3.8) is 0 Å². The summed E-state index contributed by atoms with van der Waals surface area (Å²) in [7, 11) is 3.03. The molecule has 0 spiro atoms. The first-order chi connectivity index (χ1) is 12.8. The lowest BCUT2D eigenvalue weighted by Gasteiger charge is -2.08. The van der Waals surface area contributed by atoms with Crippen LogP contribution < -0.4 is 16.7 Å². The zero-order chi connectivity index (χ0) is 19.7. The maximum absolute atomic E-state index is 12.6. The summed E-state index contributed by atoms with van der Waals surface area (Å²) in [6, 6.07) is 7.90. The lowest BCUT2D eigenvalue weighted by molar-refractivity contribution is 0.702. The van der Waals surface area contributed by atoms with Crippen LogP contribution in [0.15, 0.2) is 51.1 Å². The lowest BCUT2D eigenvalue weighted by Crippen LogP contribution is -2.37. The third-order valence-electron chi connectivity index (χ3n) is 4.23. The van der Waals surface area contributed by atoms with Gasteiger partial charge in [0.15, 0.2) is 11.2 Å². The first-order valence-corrected chi connectivity index (χ1v) is 8.46. The van der Waals surface area contributed by atoms with Crippen LogP contribution in [0.3, 0.4) is 0 Å². The lowest BCUT2D eigenvalue weighted by atomic mass is 10.2. The van der Waals surface area contributed by atoms with Crippen LogP contribution in [-0.4, -0.2) is 24.9 Å². The molecule has 2 heterocycles. The minimum Gasteiger partial charge on any atom is -0.299 e. The zero-order valence-corrected chi connectivity index (χ0v) is 15.9. The van der Waals surface area contributed by atoms with Gasteiger partial charge in [-0.25, -0.2) is 10.2 Å². The maximum Gasteiger partial charge on any atom is 0.332 e. The molecule has 3 rings (SSSR count). The summed E-state index contributed by atoms with van der Waals surface area (Å²) in [6.45, 7) is 8.17. The molecule has 0 aliphatic carbocycles. The summed E-state index contributed by atoms with van der Waals surface area (Å²) >= 11 is 0. The van der Waals surface area contributed by atoms with Gasteiger partial charge in [0.2, 0.25) is 5.95 Å². The molecule has 0 atom stereocenters. The van der Waals surface area contributed by atoms with Crippen molar-refractivity contribution >= 4 is 23.3 Å². The van der Waals surface area contributed by atoms with Crippen LogP contribution in [0.5, 0.6) is 0 Å². The molecule has 0 fully saturated rings. The molecule has 0 unspecified atom stereocenters. The SMILES string of the molecule is C=C(C)Cn1c(NN=Cc2ccc(C)cc2)nc2c1c(=O)n(C)c(=O)n2C. The first kappa shape index (κ1) is 18.4. The molecule has 0 radical (unpaired) electrons. The number of rotatable bonds is 5. The Morgan fingerprint density at radius 1 is 1.22 bits per heavy atom. The molecule has 0 saturated heterocycles. The van der Waals surface area contributed by atoms with Crippen LogP contribution in [0, 0.1) is 6.92 Å². The Morgan fingerprint density at radius 2 is 1.89 bits per heavy atom. The number of hydrazone groups is 1. The Balaban J connectivity index is 2.09. The van der Waals surface area contributed by atoms with Gasteiger partial charge < -0.3 is 0 Å². The number of aryl methyl sites for hydroxylation is 2. The Bertz CT molecular complexity index is 1160. The number of benzene rings is 1. The predicted molar refractivity (Wildman–Crippen MR) is 107 cm³/mol. The van der Waals surface area contributed by atoms with E-state index < -0.39 is 11.2 Å². The molecule has 0 aliphatic heterocycles. The Labute approximate surface area is 156 Å². The van der Waals surface area contributed by atoms with Crippen LogP contribution >= 0.6 is 0 Å².